The number of aromatic nitrogens is 2. The van der Waals surface area contributed by atoms with Crippen LogP contribution in [0.2, 0.25) is 0 Å². The van der Waals surface area contributed by atoms with E-state index in [1.165, 1.54) is 6.20 Å². The van der Waals surface area contributed by atoms with Gasteiger partial charge < -0.3 is 10.1 Å². The van der Waals surface area contributed by atoms with Gasteiger partial charge in [0.05, 0.1) is 24.5 Å². The van der Waals surface area contributed by atoms with Crippen molar-refractivity contribution in [1.29, 1.82) is 0 Å². The van der Waals surface area contributed by atoms with Crippen molar-refractivity contribution in [2.45, 2.75) is 50.8 Å². The van der Waals surface area contributed by atoms with Crippen LogP contribution < -0.4 is 5.32 Å². The highest BCUT2D eigenvalue weighted by Gasteiger charge is 2.46. The average Bonchev–Trinajstić information content (AvgIpc) is 2.76. The smallest absolute Gasteiger partial charge is 0.271 e. The highest BCUT2D eigenvalue weighted by Crippen LogP contribution is 2.35. The number of benzene rings is 1. The van der Waals surface area contributed by atoms with Gasteiger partial charge in [0.1, 0.15) is 11.3 Å². The van der Waals surface area contributed by atoms with Gasteiger partial charge in [-0.25, -0.2) is 4.98 Å². The van der Waals surface area contributed by atoms with E-state index >= 15 is 0 Å². The normalized spacial score (nSPS) is 24.3. The highest BCUT2D eigenvalue weighted by molar-refractivity contribution is 5.92. The molecule has 1 aliphatic heterocycles. The summed E-state index contributed by atoms with van der Waals surface area (Å²) in [7, 11) is 0. The molecule has 1 aromatic carbocycles. The van der Waals surface area contributed by atoms with E-state index in [0.717, 1.165) is 62.1 Å². The van der Waals surface area contributed by atoms with Gasteiger partial charge in [-0.2, -0.15) is 0 Å². The molecule has 1 saturated carbocycles. The summed E-state index contributed by atoms with van der Waals surface area (Å²) < 4.78 is 6.37. The Morgan fingerprint density at radius 2 is 2.20 bits per heavy atom. The SMILES string of the molecule is C#Cc1ccccc1CN1CCO[C@]2(CCCC[C@@H]2NC(=O)c2cnc(C)cn2)C1. The summed E-state index contributed by atoms with van der Waals surface area (Å²) in [5, 5.41) is 3.20. The molecule has 2 heterocycles. The summed E-state index contributed by atoms with van der Waals surface area (Å²) >= 11 is 0. The number of amides is 1. The number of hydrogen-bond acceptors (Lipinski definition) is 5. The number of carbonyl (C=O) groups is 1. The topological polar surface area (TPSA) is 67.3 Å². The van der Waals surface area contributed by atoms with Crippen molar-refractivity contribution in [1.82, 2.24) is 20.2 Å². The molecular formula is C24H28N4O2. The Kier molecular flexibility index (Phi) is 6.12. The maximum atomic E-state index is 12.8. The number of morpholine rings is 1. The largest absolute Gasteiger partial charge is 0.370 e. The quantitative estimate of drug-likeness (QED) is 0.794. The second-order valence-electron chi connectivity index (χ2n) is 8.24. The first-order valence-electron chi connectivity index (χ1n) is 10.6. The lowest BCUT2D eigenvalue weighted by Gasteiger charge is -2.49. The third-order valence-corrected chi connectivity index (χ3v) is 6.15. The Hall–Kier alpha value is -2.75. The maximum Gasteiger partial charge on any atom is 0.271 e. The lowest BCUT2D eigenvalue weighted by atomic mass is 9.78. The fourth-order valence-corrected chi connectivity index (χ4v) is 4.57. The number of aryl methyl sites for hydroxylation is 1. The van der Waals surface area contributed by atoms with Crippen molar-refractivity contribution in [2.24, 2.45) is 0 Å². The van der Waals surface area contributed by atoms with E-state index < -0.39 is 0 Å². The molecule has 1 saturated heterocycles. The molecule has 30 heavy (non-hydrogen) atoms. The molecule has 156 valence electrons. The van der Waals surface area contributed by atoms with Crippen LogP contribution in [0.15, 0.2) is 36.7 Å². The molecular weight excluding hydrogens is 376 g/mol. The summed E-state index contributed by atoms with van der Waals surface area (Å²) in [6.07, 6.45) is 12.9. The molecule has 2 atom stereocenters. The molecule has 1 aromatic heterocycles. The van der Waals surface area contributed by atoms with Gasteiger partial charge in [0, 0.05) is 31.4 Å². The van der Waals surface area contributed by atoms with Gasteiger partial charge in [-0.15, -0.1) is 6.42 Å². The average molecular weight is 405 g/mol. The molecule has 6 nitrogen and oxygen atoms in total. The third-order valence-electron chi connectivity index (χ3n) is 6.15. The number of nitrogens with one attached hydrogen (secondary N) is 1. The van der Waals surface area contributed by atoms with Crippen LogP contribution in [0.3, 0.4) is 0 Å². The van der Waals surface area contributed by atoms with Gasteiger partial charge in [0.15, 0.2) is 0 Å². The fraction of sp³-hybridized carbons (Fsp3) is 0.458. The van der Waals surface area contributed by atoms with Crippen LogP contribution >= 0.6 is 0 Å². The van der Waals surface area contributed by atoms with Gasteiger partial charge in [-0.05, 0) is 31.4 Å². The Morgan fingerprint density at radius 1 is 1.33 bits per heavy atom. The van der Waals surface area contributed by atoms with Gasteiger partial charge in [-0.1, -0.05) is 37.0 Å². The van der Waals surface area contributed by atoms with E-state index in [2.05, 4.69) is 32.2 Å². The van der Waals surface area contributed by atoms with Crippen molar-refractivity contribution in [3.05, 3.63) is 59.2 Å². The van der Waals surface area contributed by atoms with E-state index in [1.807, 2.05) is 25.1 Å². The zero-order valence-electron chi connectivity index (χ0n) is 17.4. The molecule has 1 spiro atoms. The predicted molar refractivity (Wildman–Crippen MR) is 115 cm³/mol. The number of terminal acetylenes is 1. The first-order valence-corrected chi connectivity index (χ1v) is 10.6. The molecule has 2 aromatic rings. The molecule has 1 amide bonds. The lowest BCUT2D eigenvalue weighted by molar-refractivity contribution is -0.143. The van der Waals surface area contributed by atoms with E-state index in [-0.39, 0.29) is 17.6 Å². The van der Waals surface area contributed by atoms with Gasteiger partial charge in [0.2, 0.25) is 0 Å². The van der Waals surface area contributed by atoms with Gasteiger partial charge >= 0.3 is 0 Å². The minimum absolute atomic E-state index is 0.0486. The Labute approximate surface area is 178 Å². The zero-order chi connectivity index (χ0) is 21.0. The molecule has 0 bridgehead atoms. The standard InChI is InChI=1S/C24H28N4O2/c1-3-19-8-4-5-9-20(19)16-28-12-13-30-24(17-28)11-7-6-10-22(24)27-23(29)21-15-25-18(2)14-26-21/h1,4-5,8-9,14-15,22H,6-7,10-13,16-17H2,2H3,(H,27,29)/t22-,24+/m0/s1. The Bertz CT molecular complexity index is 933. The molecule has 0 radical (unpaired) electrons. The van der Waals surface area contributed by atoms with E-state index in [9.17, 15) is 4.79 Å². The molecule has 6 heteroatoms. The summed E-state index contributed by atoms with van der Waals surface area (Å²) in [6, 6.07) is 8.02. The van der Waals surface area contributed by atoms with E-state index in [1.54, 1.807) is 6.20 Å². The van der Waals surface area contributed by atoms with Crippen molar-refractivity contribution in [3.8, 4) is 12.3 Å². The number of nitrogens with zero attached hydrogens (tertiary/aromatic N) is 3. The van der Waals surface area contributed by atoms with Crippen molar-refractivity contribution in [2.75, 3.05) is 19.7 Å². The van der Waals surface area contributed by atoms with Crippen LogP contribution in [-0.2, 0) is 11.3 Å². The van der Waals surface area contributed by atoms with Crippen LogP contribution in [0.4, 0.5) is 0 Å². The Morgan fingerprint density at radius 3 is 3.00 bits per heavy atom. The van der Waals surface area contributed by atoms with Gasteiger partial charge in [0.25, 0.3) is 5.91 Å². The number of ether oxygens (including phenoxy) is 1. The molecule has 1 aliphatic carbocycles. The second-order valence-corrected chi connectivity index (χ2v) is 8.24. The monoisotopic (exact) mass is 404 g/mol. The van der Waals surface area contributed by atoms with Crippen LogP contribution in [-0.4, -0.2) is 52.1 Å². The molecule has 2 fully saturated rings. The summed E-state index contributed by atoms with van der Waals surface area (Å²) in [5.74, 6) is 2.60. The summed E-state index contributed by atoms with van der Waals surface area (Å²) in [6.45, 7) is 4.92. The van der Waals surface area contributed by atoms with Crippen molar-refractivity contribution < 1.29 is 9.53 Å². The summed E-state index contributed by atoms with van der Waals surface area (Å²) in [4.78, 5) is 23.6. The molecule has 2 aliphatic rings. The summed E-state index contributed by atoms with van der Waals surface area (Å²) in [5.41, 5.74) is 2.85. The van der Waals surface area contributed by atoms with E-state index in [0.29, 0.717) is 12.3 Å². The van der Waals surface area contributed by atoms with Gasteiger partial charge in [-0.3, -0.25) is 14.7 Å². The van der Waals surface area contributed by atoms with Crippen molar-refractivity contribution in [3.63, 3.8) is 0 Å². The zero-order valence-corrected chi connectivity index (χ0v) is 17.4. The first kappa shape index (κ1) is 20.5. The number of rotatable bonds is 4. The maximum absolute atomic E-state index is 12.8. The number of hydrogen-bond donors (Lipinski definition) is 1. The molecule has 4 rings (SSSR count). The van der Waals surface area contributed by atoms with Crippen LogP contribution in [0, 0.1) is 19.3 Å². The highest BCUT2D eigenvalue weighted by atomic mass is 16.5. The second kappa shape index (κ2) is 8.95. The van der Waals surface area contributed by atoms with Crippen LogP contribution in [0.1, 0.15) is 53.0 Å². The third kappa shape index (κ3) is 4.38. The van der Waals surface area contributed by atoms with E-state index in [4.69, 9.17) is 11.2 Å². The molecule has 0 unspecified atom stereocenters. The number of carbonyl (C=O) groups excluding carboxylic acids is 1. The van der Waals surface area contributed by atoms with Crippen molar-refractivity contribution >= 4 is 5.91 Å². The predicted octanol–water partition coefficient (Wildman–Crippen LogP) is 2.71. The minimum atomic E-state index is -0.380. The Balaban J connectivity index is 1.49. The minimum Gasteiger partial charge on any atom is -0.370 e. The van der Waals surface area contributed by atoms with Crippen LogP contribution in [0.25, 0.3) is 0 Å². The molecule has 1 N–H and O–H groups in total. The van der Waals surface area contributed by atoms with Crippen LogP contribution in [0.5, 0.6) is 0 Å². The first-order chi connectivity index (χ1) is 14.6. The lowest BCUT2D eigenvalue weighted by Crippen LogP contribution is -2.64. The fourth-order valence-electron chi connectivity index (χ4n) is 4.57.